The molecule has 44 valence electrons. The van der Waals surface area contributed by atoms with Crippen LogP contribution in [0.25, 0.3) is 0 Å². The molecule has 3 fully saturated rings. The van der Waals surface area contributed by atoms with Crippen LogP contribution in [0.2, 0.25) is 0 Å². The number of nitrogens with zero attached hydrogens (tertiary/aromatic N) is 1. The van der Waals surface area contributed by atoms with Gasteiger partial charge in [-0.1, -0.05) is 13.3 Å². The molecule has 0 amide bonds. The molecule has 2 aliphatic heterocycles. The zero-order valence-electron chi connectivity index (χ0n) is 4.92. The minimum absolute atomic E-state index is 0.385. The lowest BCUT2D eigenvalue weighted by molar-refractivity contribution is 0.158. The summed E-state index contributed by atoms with van der Waals surface area (Å²) in [4.78, 5) is 5.17. The zero-order valence-corrected chi connectivity index (χ0v) is 4.92. The monoisotopic (exact) mass is 111 g/mol. The van der Waals surface area contributed by atoms with Gasteiger partial charge in [-0.3, -0.25) is 4.84 Å². The Morgan fingerprint density at radius 2 is 2.50 bits per heavy atom. The van der Waals surface area contributed by atoms with Gasteiger partial charge in [-0.25, -0.2) is 0 Å². The van der Waals surface area contributed by atoms with Gasteiger partial charge >= 0.3 is 0 Å². The molecule has 0 bridgehead atoms. The van der Waals surface area contributed by atoms with E-state index in [0.717, 1.165) is 12.0 Å². The minimum Gasteiger partial charge on any atom is -0.269 e. The van der Waals surface area contributed by atoms with Crippen LogP contribution in [0.5, 0.6) is 0 Å². The molecule has 0 aromatic carbocycles. The molecule has 0 N–H and O–H groups in total. The third kappa shape index (κ3) is 0.184. The van der Waals surface area contributed by atoms with E-state index < -0.39 is 0 Å². The van der Waals surface area contributed by atoms with Crippen molar-refractivity contribution >= 4 is 0 Å². The van der Waals surface area contributed by atoms with Crippen LogP contribution in [-0.2, 0) is 4.84 Å². The molecule has 3 rings (SSSR count). The molecule has 4 unspecified atom stereocenters. The third-order valence-corrected chi connectivity index (χ3v) is 2.57. The smallest absolute Gasteiger partial charge is 0.188 e. The first-order valence-electron chi connectivity index (χ1n) is 3.39. The highest BCUT2D eigenvalue weighted by Gasteiger charge is 3.02. The predicted octanol–water partition coefficient (Wildman–Crippen LogP) is 0.742. The summed E-state index contributed by atoms with van der Waals surface area (Å²) in [6, 6.07) is 0.891. The van der Waals surface area contributed by atoms with Crippen molar-refractivity contribution < 1.29 is 4.84 Å². The van der Waals surface area contributed by atoms with Crippen molar-refractivity contribution in [3.63, 3.8) is 0 Å². The molecule has 3 aliphatic rings. The molecule has 1 aliphatic carbocycles. The molecule has 1 spiro atoms. The average molecular weight is 111 g/mol. The van der Waals surface area contributed by atoms with Gasteiger partial charge in [0.1, 0.15) is 0 Å². The Morgan fingerprint density at radius 1 is 1.75 bits per heavy atom. The van der Waals surface area contributed by atoms with Crippen LogP contribution in [-0.4, -0.2) is 16.8 Å². The van der Waals surface area contributed by atoms with Crippen molar-refractivity contribution in [3.8, 4) is 0 Å². The number of hydrogen-bond donors (Lipinski definition) is 0. The lowest BCUT2D eigenvalue weighted by atomic mass is 10.2. The second-order valence-electron chi connectivity index (χ2n) is 3.01. The van der Waals surface area contributed by atoms with Crippen LogP contribution in [0.4, 0.5) is 0 Å². The van der Waals surface area contributed by atoms with Gasteiger partial charge in [-0.15, -0.1) is 5.06 Å². The third-order valence-electron chi connectivity index (χ3n) is 2.57. The number of hydrogen-bond acceptors (Lipinski definition) is 2. The Hall–Kier alpha value is -0.0800. The fourth-order valence-electron chi connectivity index (χ4n) is 1.87. The lowest BCUT2D eigenvalue weighted by Crippen LogP contribution is -1.97. The van der Waals surface area contributed by atoms with E-state index in [-0.39, 0.29) is 0 Å². The molecule has 2 heteroatoms. The predicted molar refractivity (Wildman–Crippen MR) is 27.8 cm³/mol. The quantitative estimate of drug-likeness (QED) is 0.488. The number of hydroxylamine groups is 2. The Bertz CT molecular complexity index is 159. The molecule has 8 heavy (non-hydrogen) atoms. The van der Waals surface area contributed by atoms with Gasteiger partial charge in [0.25, 0.3) is 0 Å². The summed E-state index contributed by atoms with van der Waals surface area (Å²) in [5.74, 6) is 0.937. The van der Waals surface area contributed by atoms with Crippen LogP contribution >= 0.6 is 0 Å². The van der Waals surface area contributed by atoms with Crippen LogP contribution in [0.15, 0.2) is 0 Å². The van der Waals surface area contributed by atoms with Crippen LogP contribution in [0.3, 0.4) is 0 Å². The fourth-order valence-corrected chi connectivity index (χ4v) is 1.87. The molecule has 2 nitrogen and oxygen atoms in total. The van der Waals surface area contributed by atoms with E-state index in [9.17, 15) is 0 Å². The largest absolute Gasteiger partial charge is 0.269 e. The van der Waals surface area contributed by atoms with E-state index in [0.29, 0.717) is 5.72 Å². The van der Waals surface area contributed by atoms with Gasteiger partial charge < -0.3 is 0 Å². The molecule has 4 atom stereocenters. The maximum Gasteiger partial charge on any atom is 0.188 e. The highest BCUT2D eigenvalue weighted by molar-refractivity contribution is 5.39. The Labute approximate surface area is 48.4 Å². The topological polar surface area (TPSA) is 15.5 Å². The van der Waals surface area contributed by atoms with Crippen LogP contribution < -0.4 is 0 Å². The summed E-state index contributed by atoms with van der Waals surface area (Å²) in [6.45, 7) is 2.24. The van der Waals surface area contributed by atoms with E-state index in [4.69, 9.17) is 4.84 Å². The molecule has 2 heterocycles. The average Bonchev–Trinajstić information content (AvgIpc) is 2.50. The standard InChI is InChI=1S/C6H9NO/c1-2-3-4-5-6(4)7(5)8-6/h4-5H,2-3H2,1H3. The van der Waals surface area contributed by atoms with E-state index in [2.05, 4.69) is 12.0 Å². The second kappa shape index (κ2) is 0.755. The van der Waals surface area contributed by atoms with E-state index in [1.807, 2.05) is 0 Å². The normalized spacial score (nSPS) is 70.9. The van der Waals surface area contributed by atoms with Gasteiger partial charge in [-0.05, 0) is 6.42 Å². The van der Waals surface area contributed by atoms with Crippen molar-refractivity contribution in [2.75, 3.05) is 0 Å². The van der Waals surface area contributed by atoms with Gasteiger partial charge in [-0.2, -0.15) is 0 Å². The summed E-state index contributed by atoms with van der Waals surface area (Å²) >= 11 is 0. The fraction of sp³-hybridized carbons (Fsp3) is 1.00. The van der Waals surface area contributed by atoms with Crippen molar-refractivity contribution in [1.29, 1.82) is 0 Å². The molecule has 0 radical (unpaired) electrons. The molecule has 2 saturated heterocycles. The summed E-state index contributed by atoms with van der Waals surface area (Å²) in [5, 5.41) is 2.10. The van der Waals surface area contributed by atoms with Crippen LogP contribution in [0, 0.1) is 5.92 Å². The summed E-state index contributed by atoms with van der Waals surface area (Å²) in [7, 11) is 0. The maximum absolute atomic E-state index is 5.17. The van der Waals surface area contributed by atoms with Crippen molar-refractivity contribution in [2.24, 2.45) is 5.92 Å². The lowest BCUT2D eigenvalue weighted by Gasteiger charge is -1.92. The molecule has 0 aromatic rings. The highest BCUT2D eigenvalue weighted by atomic mass is 16.9. The first kappa shape index (κ1) is 3.85. The highest BCUT2D eigenvalue weighted by Crippen LogP contribution is 2.82. The number of fused-ring (bicyclic) bond motifs is 1. The Kier molecular flexibility index (Phi) is 0.364. The van der Waals surface area contributed by atoms with Crippen molar-refractivity contribution in [2.45, 2.75) is 31.5 Å². The summed E-state index contributed by atoms with van der Waals surface area (Å²) in [5.41, 5.74) is 0.385. The maximum atomic E-state index is 5.17. The van der Waals surface area contributed by atoms with E-state index in [1.54, 1.807) is 0 Å². The Balaban J connectivity index is 1.69. The van der Waals surface area contributed by atoms with Gasteiger partial charge in [0.15, 0.2) is 5.72 Å². The SMILES string of the molecule is CCCC1C2N3OC123. The first-order valence-corrected chi connectivity index (χ1v) is 3.39. The van der Waals surface area contributed by atoms with E-state index >= 15 is 0 Å². The Morgan fingerprint density at radius 3 is 2.88 bits per heavy atom. The van der Waals surface area contributed by atoms with Crippen molar-refractivity contribution in [3.05, 3.63) is 0 Å². The molecular weight excluding hydrogens is 102 g/mol. The minimum atomic E-state index is 0.385. The number of rotatable bonds is 2. The van der Waals surface area contributed by atoms with Gasteiger partial charge in [0.05, 0.1) is 6.04 Å². The molecular formula is C6H9NO. The first-order chi connectivity index (χ1) is 3.91. The van der Waals surface area contributed by atoms with Crippen LogP contribution in [0.1, 0.15) is 19.8 Å². The second-order valence-corrected chi connectivity index (χ2v) is 3.01. The molecule has 0 aromatic heterocycles. The van der Waals surface area contributed by atoms with Gasteiger partial charge in [0.2, 0.25) is 0 Å². The van der Waals surface area contributed by atoms with Gasteiger partial charge in [0, 0.05) is 5.92 Å². The molecule has 1 saturated carbocycles. The zero-order chi connectivity index (χ0) is 5.35. The summed E-state index contributed by atoms with van der Waals surface area (Å²) in [6.07, 6.45) is 2.70. The summed E-state index contributed by atoms with van der Waals surface area (Å²) < 4.78 is 0. The van der Waals surface area contributed by atoms with Crippen molar-refractivity contribution in [1.82, 2.24) is 5.06 Å². The van der Waals surface area contributed by atoms with E-state index in [1.165, 1.54) is 12.8 Å².